The summed E-state index contributed by atoms with van der Waals surface area (Å²) in [6, 6.07) is 8.86. The summed E-state index contributed by atoms with van der Waals surface area (Å²) in [6.45, 7) is 6.50. The van der Waals surface area contributed by atoms with E-state index >= 15 is 0 Å². The SMILES string of the molecule is CCOC(=O)COc1cc2oc(C)c(-c3ccc4c(c3)OCCO4)c(=O)c2cc1CC. The summed E-state index contributed by atoms with van der Waals surface area (Å²) in [5, 5.41) is 0.454. The molecule has 0 fully saturated rings. The third kappa shape index (κ3) is 4.08. The van der Waals surface area contributed by atoms with Gasteiger partial charge in [-0.15, -0.1) is 0 Å². The zero-order valence-corrected chi connectivity index (χ0v) is 17.8. The predicted octanol–water partition coefficient (Wildman–Crippen LogP) is 4.04. The van der Waals surface area contributed by atoms with Crippen molar-refractivity contribution in [1.29, 1.82) is 0 Å². The minimum atomic E-state index is -0.448. The minimum Gasteiger partial charge on any atom is -0.486 e. The molecule has 3 aromatic rings. The van der Waals surface area contributed by atoms with E-state index in [0.29, 0.717) is 64.7 Å². The number of rotatable bonds is 6. The quantitative estimate of drug-likeness (QED) is 0.552. The molecule has 0 unspecified atom stereocenters. The van der Waals surface area contributed by atoms with E-state index in [4.69, 9.17) is 23.4 Å². The van der Waals surface area contributed by atoms with Crippen LogP contribution in [0, 0.1) is 6.92 Å². The summed E-state index contributed by atoms with van der Waals surface area (Å²) >= 11 is 0. The highest BCUT2D eigenvalue weighted by atomic mass is 16.6. The highest BCUT2D eigenvalue weighted by molar-refractivity contribution is 5.85. The maximum atomic E-state index is 13.4. The van der Waals surface area contributed by atoms with Gasteiger partial charge >= 0.3 is 5.97 Å². The molecule has 0 aliphatic carbocycles. The van der Waals surface area contributed by atoms with Crippen LogP contribution in [0.4, 0.5) is 0 Å². The topological polar surface area (TPSA) is 84.2 Å². The zero-order chi connectivity index (χ0) is 22.0. The molecule has 4 rings (SSSR count). The van der Waals surface area contributed by atoms with E-state index in [9.17, 15) is 9.59 Å². The number of benzene rings is 2. The molecule has 0 amide bonds. The molecule has 1 aromatic heterocycles. The van der Waals surface area contributed by atoms with Crippen LogP contribution in [0.2, 0.25) is 0 Å². The molecule has 31 heavy (non-hydrogen) atoms. The van der Waals surface area contributed by atoms with Crippen LogP contribution in [0.1, 0.15) is 25.2 Å². The highest BCUT2D eigenvalue weighted by Crippen LogP contribution is 2.36. The molecule has 162 valence electrons. The van der Waals surface area contributed by atoms with Crippen LogP contribution in [-0.4, -0.2) is 32.4 Å². The molecule has 7 nitrogen and oxygen atoms in total. The van der Waals surface area contributed by atoms with Gasteiger partial charge in [0.15, 0.2) is 18.1 Å². The number of aryl methyl sites for hydroxylation is 2. The Hall–Kier alpha value is -3.48. The lowest BCUT2D eigenvalue weighted by Crippen LogP contribution is -2.16. The Bertz CT molecular complexity index is 1190. The molecule has 0 radical (unpaired) electrons. The van der Waals surface area contributed by atoms with Crippen molar-refractivity contribution in [2.24, 2.45) is 0 Å². The lowest BCUT2D eigenvalue weighted by molar-refractivity contribution is -0.145. The van der Waals surface area contributed by atoms with Gasteiger partial charge in [0, 0.05) is 6.07 Å². The standard InChI is InChI=1S/C24H24O7/c1-4-15-10-17-20(12-19(15)30-13-22(25)27-5-2)31-14(3)23(24(17)26)16-6-7-18-21(11-16)29-9-8-28-18/h6-7,10-12H,4-5,8-9,13H2,1-3H3. The van der Waals surface area contributed by atoms with Crippen molar-refractivity contribution in [3.63, 3.8) is 0 Å². The van der Waals surface area contributed by atoms with E-state index in [1.54, 1.807) is 38.1 Å². The maximum Gasteiger partial charge on any atom is 0.344 e. The fourth-order valence-electron chi connectivity index (χ4n) is 3.66. The number of esters is 1. The average Bonchev–Trinajstić information content (AvgIpc) is 2.77. The van der Waals surface area contributed by atoms with Gasteiger partial charge in [-0.2, -0.15) is 0 Å². The Kier molecular flexibility index (Phi) is 5.84. The first-order valence-electron chi connectivity index (χ1n) is 10.3. The monoisotopic (exact) mass is 424 g/mol. The lowest BCUT2D eigenvalue weighted by atomic mass is 10.00. The largest absolute Gasteiger partial charge is 0.486 e. The molecule has 1 aliphatic rings. The van der Waals surface area contributed by atoms with Crippen molar-refractivity contribution in [3.8, 4) is 28.4 Å². The van der Waals surface area contributed by atoms with Crippen molar-refractivity contribution in [1.82, 2.24) is 0 Å². The van der Waals surface area contributed by atoms with Gasteiger partial charge < -0.3 is 23.4 Å². The second-order valence-electron chi connectivity index (χ2n) is 7.12. The van der Waals surface area contributed by atoms with Crippen molar-refractivity contribution in [3.05, 3.63) is 51.9 Å². The Morgan fingerprint density at radius 3 is 2.58 bits per heavy atom. The van der Waals surface area contributed by atoms with Gasteiger partial charge in [-0.25, -0.2) is 4.79 Å². The van der Waals surface area contributed by atoms with Crippen molar-refractivity contribution >= 4 is 16.9 Å². The molecule has 1 aliphatic heterocycles. The molecular weight excluding hydrogens is 400 g/mol. The molecule has 2 aromatic carbocycles. The molecule has 0 spiro atoms. The first-order chi connectivity index (χ1) is 15.0. The summed E-state index contributed by atoms with van der Waals surface area (Å²) in [7, 11) is 0. The molecule has 0 N–H and O–H groups in total. The van der Waals surface area contributed by atoms with Gasteiger partial charge in [-0.05, 0) is 49.6 Å². The van der Waals surface area contributed by atoms with Gasteiger partial charge in [0.2, 0.25) is 5.43 Å². The van der Waals surface area contributed by atoms with Crippen molar-refractivity contribution in [2.45, 2.75) is 27.2 Å². The third-order valence-electron chi connectivity index (χ3n) is 5.11. The molecule has 0 saturated heterocycles. The van der Waals surface area contributed by atoms with Crippen LogP contribution in [-0.2, 0) is 16.0 Å². The smallest absolute Gasteiger partial charge is 0.344 e. The fourth-order valence-corrected chi connectivity index (χ4v) is 3.66. The molecular formula is C24H24O7. The van der Waals surface area contributed by atoms with E-state index in [-0.39, 0.29) is 18.6 Å². The van der Waals surface area contributed by atoms with E-state index in [2.05, 4.69) is 0 Å². The molecule has 7 heteroatoms. The Balaban J connectivity index is 1.77. The van der Waals surface area contributed by atoms with Crippen LogP contribution in [0.3, 0.4) is 0 Å². The predicted molar refractivity (Wildman–Crippen MR) is 115 cm³/mol. The van der Waals surface area contributed by atoms with E-state index in [0.717, 1.165) is 5.56 Å². The summed E-state index contributed by atoms with van der Waals surface area (Å²) < 4.78 is 27.8. The van der Waals surface area contributed by atoms with Crippen LogP contribution >= 0.6 is 0 Å². The molecule has 0 saturated carbocycles. The van der Waals surface area contributed by atoms with Crippen molar-refractivity contribution < 1.29 is 28.2 Å². The number of fused-ring (bicyclic) bond motifs is 2. The highest BCUT2D eigenvalue weighted by Gasteiger charge is 2.19. The van der Waals surface area contributed by atoms with Crippen molar-refractivity contribution in [2.75, 3.05) is 26.4 Å². The first-order valence-corrected chi connectivity index (χ1v) is 10.3. The fraction of sp³-hybridized carbons (Fsp3) is 0.333. The maximum absolute atomic E-state index is 13.4. The Morgan fingerprint density at radius 2 is 1.84 bits per heavy atom. The number of hydrogen-bond acceptors (Lipinski definition) is 7. The zero-order valence-electron chi connectivity index (χ0n) is 17.8. The van der Waals surface area contributed by atoms with Crippen LogP contribution in [0.25, 0.3) is 22.1 Å². The van der Waals surface area contributed by atoms with E-state index in [1.165, 1.54) is 0 Å². The Morgan fingerprint density at radius 1 is 1.06 bits per heavy atom. The number of carbonyl (C=O) groups excluding carboxylic acids is 1. The molecule has 2 heterocycles. The normalized spacial score (nSPS) is 12.6. The van der Waals surface area contributed by atoms with Gasteiger partial charge in [0.05, 0.1) is 17.6 Å². The number of hydrogen-bond donors (Lipinski definition) is 0. The molecule has 0 atom stereocenters. The van der Waals surface area contributed by atoms with Gasteiger partial charge in [0.25, 0.3) is 0 Å². The first kappa shape index (κ1) is 20.8. The van der Waals surface area contributed by atoms with E-state index < -0.39 is 5.97 Å². The van der Waals surface area contributed by atoms with Gasteiger partial charge in [0.1, 0.15) is 30.3 Å². The summed E-state index contributed by atoms with van der Waals surface area (Å²) in [4.78, 5) is 25.1. The second kappa shape index (κ2) is 8.71. The average molecular weight is 424 g/mol. The second-order valence-corrected chi connectivity index (χ2v) is 7.12. The minimum absolute atomic E-state index is 0.137. The summed E-state index contributed by atoms with van der Waals surface area (Å²) in [5.41, 5.74) is 2.26. The Labute approximate surface area is 179 Å². The van der Waals surface area contributed by atoms with Gasteiger partial charge in [-0.1, -0.05) is 13.0 Å². The lowest BCUT2D eigenvalue weighted by Gasteiger charge is -2.19. The summed E-state index contributed by atoms with van der Waals surface area (Å²) in [6.07, 6.45) is 0.626. The van der Waals surface area contributed by atoms with Crippen LogP contribution in [0.5, 0.6) is 17.2 Å². The number of carbonyl (C=O) groups is 1. The van der Waals surface area contributed by atoms with Gasteiger partial charge in [-0.3, -0.25) is 4.79 Å². The van der Waals surface area contributed by atoms with Crippen LogP contribution < -0.4 is 19.6 Å². The number of ether oxygens (including phenoxy) is 4. The molecule has 0 bridgehead atoms. The third-order valence-corrected chi connectivity index (χ3v) is 5.11. The van der Waals surface area contributed by atoms with E-state index in [1.807, 2.05) is 13.0 Å². The van der Waals surface area contributed by atoms with Crippen LogP contribution in [0.15, 0.2) is 39.5 Å². The summed E-state index contributed by atoms with van der Waals surface area (Å²) in [5.74, 6) is 1.80.